The number of benzene rings is 1. The van der Waals surface area contributed by atoms with E-state index in [9.17, 15) is 4.79 Å². The summed E-state index contributed by atoms with van der Waals surface area (Å²) in [6, 6.07) is 5.42. The van der Waals surface area contributed by atoms with Crippen LogP contribution in [0.15, 0.2) is 18.2 Å². The third kappa shape index (κ3) is 2.26. The number of likely N-dealkylation sites (tertiary alicyclic amines) is 1. The topological polar surface area (TPSA) is 59.0 Å². The lowest BCUT2D eigenvalue weighted by molar-refractivity contribution is -0.149. The molecule has 5 heteroatoms. The molecule has 5 nitrogen and oxygen atoms in total. The summed E-state index contributed by atoms with van der Waals surface area (Å²) < 4.78 is 10.4. The minimum absolute atomic E-state index is 0.00418. The van der Waals surface area contributed by atoms with Gasteiger partial charge in [0.2, 0.25) is 5.91 Å². The predicted octanol–water partition coefficient (Wildman–Crippen LogP) is 0.797. The maximum atomic E-state index is 11.5. The molecule has 18 heavy (non-hydrogen) atoms. The first kappa shape index (κ1) is 12.7. The standard InChI is InChI=1S/C13H17NO4/c1-17-11-4-3-9(12(6-11)18-2)7-14-10(8-15)5-13(14)16/h3-4,6,10,15H,5,7-8H2,1-2H3. The van der Waals surface area contributed by atoms with Crippen molar-refractivity contribution >= 4 is 5.91 Å². The van der Waals surface area contributed by atoms with Gasteiger partial charge in [-0.25, -0.2) is 0 Å². The molecule has 1 fully saturated rings. The van der Waals surface area contributed by atoms with Crippen molar-refractivity contribution in [3.05, 3.63) is 23.8 Å². The van der Waals surface area contributed by atoms with Gasteiger partial charge in [0.05, 0.1) is 26.9 Å². The Morgan fingerprint density at radius 1 is 1.39 bits per heavy atom. The lowest BCUT2D eigenvalue weighted by Crippen LogP contribution is -2.53. The van der Waals surface area contributed by atoms with E-state index in [0.717, 1.165) is 5.56 Å². The van der Waals surface area contributed by atoms with E-state index in [-0.39, 0.29) is 18.6 Å². The van der Waals surface area contributed by atoms with E-state index in [2.05, 4.69) is 0 Å². The van der Waals surface area contributed by atoms with Gasteiger partial charge in [-0.3, -0.25) is 4.79 Å². The van der Waals surface area contributed by atoms with Crippen molar-refractivity contribution in [2.45, 2.75) is 19.0 Å². The second-order valence-corrected chi connectivity index (χ2v) is 4.24. The molecule has 0 bridgehead atoms. The number of β-lactam (4-membered cyclic amide) rings is 1. The Kier molecular flexibility index (Phi) is 3.72. The first-order valence-corrected chi connectivity index (χ1v) is 5.80. The summed E-state index contributed by atoms with van der Waals surface area (Å²) in [6.45, 7) is 0.460. The number of methoxy groups -OCH3 is 2. The molecule has 1 aliphatic heterocycles. The predicted molar refractivity (Wildman–Crippen MR) is 65.6 cm³/mol. The zero-order chi connectivity index (χ0) is 13.1. The van der Waals surface area contributed by atoms with Crippen molar-refractivity contribution in [1.29, 1.82) is 0 Å². The molecule has 0 aliphatic carbocycles. The van der Waals surface area contributed by atoms with E-state index in [0.29, 0.717) is 24.5 Å². The maximum absolute atomic E-state index is 11.5. The van der Waals surface area contributed by atoms with Gasteiger partial charge in [-0.2, -0.15) is 0 Å². The van der Waals surface area contributed by atoms with Gasteiger partial charge in [-0.15, -0.1) is 0 Å². The molecule has 1 saturated heterocycles. The monoisotopic (exact) mass is 251 g/mol. The van der Waals surface area contributed by atoms with Gasteiger partial charge in [0, 0.05) is 24.6 Å². The minimum Gasteiger partial charge on any atom is -0.497 e. The van der Waals surface area contributed by atoms with E-state index in [1.165, 1.54) is 0 Å². The number of hydrogen-bond acceptors (Lipinski definition) is 4. The number of aliphatic hydroxyl groups is 1. The third-order valence-electron chi connectivity index (χ3n) is 3.22. The first-order valence-electron chi connectivity index (χ1n) is 5.80. The lowest BCUT2D eigenvalue weighted by atomic mass is 10.0. The highest BCUT2D eigenvalue weighted by Gasteiger charge is 2.35. The Balaban J connectivity index is 2.15. The molecule has 1 unspecified atom stereocenters. The molecule has 0 radical (unpaired) electrons. The number of carbonyl (C=O) groups is 1. The van der Waals surface area contributed by atoms with Crippen LogP contribution in [0, 0.1) is 0 Å². The normalized spacial score (nSPS) is 18.5. The van der Waals surface area contributed by atoms with Crippen LogP contribution in [0.1, 0.15) is 12.0 Å². The molecule has 2 rings (SSSR count). The number of carbonyl (C=O) groups excluding carboxylic acids is 1. The van der Waals surface area contributed by atoms with Crippen LogP contribution in [0.3, 0.4) is 0 Å². The van der Waals surface area contributed by atoms with Gasteiger partial charge in [0.25, 0.3) is 0 Å². The number of ether oxygens (including phenoxy) is 2. The van der Waals surface area contributed by atoms with Crippen LogP contribution < -0.4 is 9.47 Å². The van der Waals surface area contributed by atoms with Crippen LogP contribution in [0.2, 0.25) is 0 Å². The molecular formula is C13H17NO4. The van der Waals surface area contributed by atoms with Gasteiger partial charge in [0.15, 0.2) is 0 Å². The number of hydrogen-bond donors (Lipinski definition) is 1. The molecule has 0 saturated carbocycles. The Hall–Kier alpha value is -1.75. The molecule has 0 aromatic heterocycles. The van der Waals surface area contributed by atoms with Crippen LogP contribution in [0.25, 0.3) is 0 Å². The van der Waals surface area contributed by atoms with Crippen molar-refractivity contribution in [3.63, 3.8) is 0 Å². The number of aliphatic hydroxyl groups excluding tert-OH is 1. The highest BCUT2D eigenvalue weighted by molar-refractivity contribution is 5.83. The summed E-state index contributed by atoms with van der Waals surface area (Å²) in [5.41, 5.74) is 0.907. The van der Waals surface area contributed by atoms with Crippen molar-refractivity contribution in [1.82, 2.24) is 4.90 Å². The molecule has 1 amide bonds. The number of rotatable bonds is 5. The SMILES string of the molecule is COc1ccc(CN2C(=O)CC2CO)c(OC)c1. The molecular weight excluding hydrogens is 234 g/mol. The van der Waals surface area contributed by atoms with Crippen molar-refractivity contribution < 1.29 is 19.4 Å². The van der Waals surface area contributed by atoms with Crippen LogP contribution in [0.5, 0.6) is 11.5 Å². The third-order valence-corrected chi connectivity index (χ3v) is 3.22. The molecule has 1 N–H and O–H groups in total. The highest BCUT2D eigenvalue weighted by Crippen LogP contribution is 2.29. The summed E-state index contributed by atoms with van der Waals surface area (Å²) >= 11 is 0. The quantitative estimate of drug-likeness (QED) is 0.786. The van der Waals surface area contributed by atoms with Crippen LogP contribution in [-0.4, -0.2) is 42.8 Å². The van der Waals surface area contributed by atoms with E-state index >= 15 is 0 Å². The summed E-state index contributed by atoms with van der Waals surface area (Å²) in [5, 5.41) is 9.12. The molecule has 1 atom stereocenters. The van der Waals surface area contributed by atoms with E-state index in [4.69, 9.17) is 14.6 Å². The van der Waals surface area contributed by atoms with E-state index in [1.807, 2.05) is 12.1 Å². The molecule has 1 heterocycles. The van der Waals surface area contributed by atoms with Crippen molar-refractivity contribution in [3.8, 4) is 11.5 Å². The number of amides is 1. The second-order valence-electron chi connectivity index (χ2n) is 4.24. The Bertz CT molecular complexity index is 447. The maximum Gasteiger partial charge on any atom is 0.225 e. The van der Waals surface area contributed by atoms with Crippen LogP contribution in [-0.2, 0) is 11.3 Å². The zero-order valence-electron chi connectivity index (χ0n) is 10.5. The van der Waals surface area contributed by atoms with Gasteiger partial charge in [0.1, 0.15) is 11.5 Å². The smallest absolute Gasteiger partial charge is 0.225 e. The lowest BCUT2D eigenvalue weighted by Gasteiger charge is -2.39. The van der Waals surface area contributed by atoms with Gasteiger partial charge >= 0.3 is 0 Å². The summed E-state index contributed by atoms with van der Waals surface area (Å²) in [4.78, 5) is 13.1. The zero-order valence-corrected chi connectivity index (χ0v) is 10.5. The molecule has 1 aromatic carbocycles. The largest absolute Gasteiger partial charge is 0.497 e. The average molecular weight is 251 g/mol. The average Bonchev–Trinajstić information content (AvgIpc) is 2.41. The Morgan fingerprint density at radius 2 is 2.17 bits per heavy atom. The Labute approximate surface area is 106 Å². The minimum atomic E-state index is -0.0655. The molecule has 1 aromatic rings. The fourth-order valence-corrected chi connectivity index (χ4v) is 2.07. The fraction of sp³-hybridized carbons (Fsp3) is 0.462. The van der Waals surface area contributed by atoms with Crippen LogP contribution in [0.4, 0.5) is 0 Å². The van der Waals surface area contributed by atoms with Crippen LogP contribution >= 0.6 is 0 Å². The first-order chi connectivity index (χ1) is 8.69. The highest BCUT2D eigenvalue weighted by atomic mass is 16.5. The van der Waals surface area contributed by atoms with Crippen molar-refractivity contribution in [2.75, 3.05) is 20.8 Å². The van der Waals surface area contributed by atoms with Gasteiger partial charge in [-0.05, 0) is 12.1 Å². The van der Waals surface area contributed by atoms with Gasteiger partial charge < -0.3 is 19.5 Å². The van der Waals surface area contributed by atoms with Gasteiger partial charge in [-0.1, -0.05) is 0 Å². The molecule has 1 aliphatic rings. The van der Waals surface area contributed by atoms with Crippen molar-refractivity contribution in [2.24, 2.45) is 0 Å². The molecule has 98 valence electrons. The molecule has 0 spiro atoms. The second kappa shape index (κ2) is 5.27. The van der Waals surface area contributed by atoms with E-state index < -0.39 is 0 Å². The summed E-state index contributed by atoms with van der Waals surface area (Å²) in [5.74, 6) is 1.46. The van der Waals surface area contributed by atoms with E-state index in [1.54, 1.807) is 25.2 Å². The fourth-order valence-electron chi connectivity index (χ4n) is 2.07. The summed E-state index contributed by atoms with van der Waals surface area (Å²) in [6.07, 6.45) is 0.426. The summed E-state index contributed by atoms with van der Waals surface area (Å²) in [7, 11) is 3.18. The number of nitrogens with zero attached hydrogens (tertiary/aromatic N) is 1. The Morgan fingerprint density at radius 3 is 2.72 bits per heavy atom.